The second-order valence-electron chi connectivity index (χ2n) is 6.16. The van der Waals surface area contributed by atoms with Crippen LogP contribution in [-0.4, -0.2) is 12.4 Å². The van der Waals surface area contributed by atoms with E-state index in [1.165, 1.54) is 22.3 Å². The molecule has 2 aromatic carbocycles. The second-order valence-corrected chi connectivity index (χ2v) is 61.5. The Balaban J connectivity index is 2.26. The van der Waals surface area contributed by atoms with Crippen molar-refractivity contribution in [3.05, 3.63) is 53.6 Å². The molecule has 0 bridgehead atoms. The van der Waals surface area contributed by atoms with E-state index in [0.29, 0.717) is 6.41 Å². The Morgan fingerprint density at radius 3 is 2.45 bits per heavy atom. The molecule has 2 aromatic rings. The zero-order chi connectivity index (χ0) is 16.0. The van der Waals surface area contributed by atoms with E-state index in [4.69, 9.17) is 17.2 Å². The summed E-state index contributed by atoms with van der Waals surface area (Å²) in [5.41, 5.74) is 4.97. The van der Waals surface area contributed by atoms with Gasteiger partial charge < -0.3 is 0 Å². The van der Waals surface area contributed by atoms with Gasteiger partial charge in [-0.3, -0.25) is 0 Å². The number of hydrogen-bond acceptors (Lipinski definition) is 1. The van der Waals surface area contributed by atoms with Gasteiger partial charge in [0.2, 0.25) is 0 Å². The summed E-state index contributed by atoms with van der Waals surface area (Å²) in [6.07, 6.45) is 1.54. The summed E-state index contributed by atoms with van der Waals surface area (Å²) in [7, 11) is 14.2. The van der Waals surface area contributed by atoms with Crippen LogP contribution in [0.2, 0.25) is 13.1 Å². The Kier molecular flexibility index (Phi) is 4.17. The third-order valence-electron chi connectivity index (χ3n) is 4.68. The molecule has 0 radical (unpaired) electrons. The molecule has 1 aliphatic rings. The summed E-state index contributed by atoms with van der Waals surface area (Å²) in [5.74, 6) is -1.48. The minimum atomic E-state index is -4.59. The molecule has 3 rings (SSSR count). The molecule has 0 aromatic heterocycles. The average molecular weight is 518 g/mol. The molecule has 0 fully saturated rings. The topological polar surface area (TPSA) is 29.1 Å². The number of carbonyl (C=O) groups excluding carboxylic acids is 1. The summed E-state index contributed by atoms with van der Waals surface area (Å²) in [4.78, 5) is 11.2. The maximum atomic E-state index is 11.2. The molecule has 1 aliphatic carbocycles. The molecule has 0 spiro atoms. The van der Waals surface area contributed by atoms with Crippen molar-refractivity contribution in [2.45, 2.75) is 19.5 Å². The van der Waals surface area contributed by atoms with E-state index in [2.05, 4.69) is 46.7 Å². The van der Waals surface area contributed by atoms with Crippen molar-refractivity contribution in [1.82, 2.24) is 3.30 Å². The first kappa shape index (κ1) is 16.4. The fraction of sp³-hybridized carbons (Fsp3) is 0.188. The molecule has 0 heterocycles. The van der Waals surface area contributed by atoms with Gasteiger partial charge in [0.05, 0.1) is 0 Å². The minimum absolute atomic E-state index is 0.699. The Labute approximate surface area is 140 Å². The van der Waals surface area contributed by atoms with Gasteiger partial charge in [0, 0.05) is 0 Å². The van der Waals surface area contributed by atoms with Crippen molar-refractivity contribution in [2.75, 3.05) is 0 Å². The first-order chi connectivity index (χ1) is 10.4. The quantitative estimate of drug-likeness (QED) is 0.416. The van der Waals surface area contributed by atoms with Crippen LogP contribution < -0.4 is 6.62 Å². The molecule has 2 nitrogen and oxygen atoms in total. The molecule has 0 aliphatic heterocycles. The average Bonchev–Trinajstić information content (AvgIpc) is 2.85. The number of halogens is 2. The molecule has 1 N–H and O–H groups in total. The molecule has 22 heavy (non-hydrogen) atoms. The monoisotopic (exact) mass is 518 g/mol. The van der Waals surface area contributed by atoms with E-state index in [9.17, 15) is 4.79 Å². The fourth-order valence-electron chi connectivity index (χ4n) is 3.25. The molecule has 1 amide bonds. The first-order valence-electron chi connectivity index (χ1n) is 7.37. The van der Waals surface area contributed by atoms with Crippen LogP contribution in [0.25, 0.3) is 11.1 Å². The maximum absolute atomic E-state index is 11.2. The predicted molar refractivity (Wildman–Crippen MR) is 94.1 cm³/mol. The standard InChI is InChI=1S/C13H9.C2H7Si.CH3NO.2ClH.Hf/c1-3-7-12-10(5-1)9-11-6-2-4-8-13(11)12;1-3-2;2-1-3;;;/h1-5,7-8H,9H2;3H,1-2H3;1H,(H2,2,3);2*1H;/q;;;;;+3/p-3. The van der Waals surface area contributed by atoms with Crippen LogP contribution in [0.1, 0.15) is 11.1 Å². The van der Waals surface area contributed by atoms with Gasteiger partial charge in [0.25, 0.3) is 0 Å². The zero-order valence-electron chi connectivity index (χ0n) is 12.6. The summed E-state index contributed by atoms with van der Waals surface area (Å²) in [6, 6.07) is 14.6. The molecule has 6 heteroatoms. The first-order valence-corrected chi connectivity index (χ1v) is 29.0. The van der Waals surface area contributed by atoms with Gasteiger partial charge in [-0.2, -0.15) is 0 Å². The Bertz CT molecular complexity index is 764. The van der Waals surface area contributed by atoms with Crippen LogP contribution in [0.5, 0.6) is 0 Å². The molecule has 0 saturated carbocycles. The van der Waals surface area contributed by atoms with Crippen molar-refractivity contribution in [1.29, 1.82) is 0 Å². The van der Waals surface area contributed by atoms with Crippen LogP contribution in [0, 0.1) is 0 Å². The van der Waals surface area contributed by atoms with Gasteiger partial charge in [-0.25, -0.2) is 0 Å². The van der Waals surface area contributed by atoms with Crippen LogP contribution in [0.15, 0.2) is 42.5 Å². The van der Waals surface area contributed by atoms with Crippen molar-refractivity contribution in [3.8, 4) is 11.1 Å². The van der Waals surface area contributed by atoms with Crippen LogP contribution in [-0.2, 0) is 26.8 Å². The predicted octanol–water partition coefficient (Wildman–Crippen LogP) is 3.52. The van der Waals surface area contributed by atoms with E-state index < -0.39 is 21.6 Å². The Morgan fingerprint density at radius 1 is 1.09 bits per heavy atom. The van der Waals surface area contributed by atoms with E-state index in [1.54, 1.807) is 0 Å². The summed E-state index contributed by atoms with van der Waals surface area (Å²) >= 11 is -4.59. The number of nitrogens with one attached hydrogen (secondary N) is 1. The number of benzene rings is 2. The van der Waals surface area contributed by atoms with Crippen LogP contribution >= 0.6 is 17.2 Å². The van der Waals surface area contributed by atoms with Gasteiger partial charge >= 0.3 is 141 Å². The molecule has 115 valence electrons. The molecule has 0 saturated heterocycles. The van der Waals surface area contributed by atoms with Gasteiger partial charge in [-0.1, -0.05) is 0 Å². The van der Waals surface area contributed by atoms with Gasteiger partial charge in [-0.15, -0.1) is 0 Å². The van der Waals surface area contributed by atoms with Crippen molar-refractivity contribution in [3.63, 3.8) is 0 Å². The van der Waals surface area contributed by atoms with E-state index >= 15 is 0 Å². The molecular formula is C16H18Cl2HfNOSi. The third-order valence-corrected chi connectivity index (χ3v) is 66.6. The number of hydrogen-bond donors (Lipinski definition) is 1. The van der Waals surface area contributed by atoms with Crippen LogP contribution in [0.4, 0.5) is 0 Å². The Morgan fingerprint density at radius 2 is 1.77 bits per heavy atom. The van der Waals surface area contributed by atoms with Crippen LogP contribution in [0.3, 0.4) is 0 Å². The van der Waals surface area contributed by atoms with Gasteiger partial charge in [0.1, 0.15) is 0 Å². The van der Waals surface area contributed by atoms with Crippen molar-refractivity contribution >= 4 is 32.9 Å². The third kappa shape index (κ3) is 2.35. The van der Waals surface area contributed by atoms with Crippen molar-refractivity contribution < 1.29 is 20.4 Å². The second kappa shape index (κ2) is 5.59. The molecular weight excluding hydrogens is 500 g/mol. The fourth-order valence-corrected chi connectivity index (χ4v) is 26.5. The van der Waals surface area contributed by atoms with E-state index in [1.807, 2.05) is 12.1 Å². The van der Waals surface area contributed by atoms with Gasteiger partial charge in [-0.05, 0) is 0 Å². The normalized spacial score (nSPS) is 14.9. The summed E-state index contributed by atoms with van der Waals surface area (Å²) in [6.45, 7) is 4.27. The van der Waals surface area contributed by atoms with Crippen molar-refractivity contribution in [2.24, 2.45) is 0 Å². The summed E-state index contributed by atoms with van der Waals surface area (Å²) in [5, 5.41) is 0. The number of carbonyl (C=O) groups is 1. The van der Waals surface area contributed by atoms with E-state index in [-0.39, 0.29) is 0 Å². The zero-order valence-corrected chi connectivity index (χ0v) is 18.8. The van der Waals surface area contributed by atoms with E-state index in [0.717, 1.165) is 9.74 Å². The SMILES string of the molecule is C[SiH](C)[Hf]([Cl])([Cl])([NH]C=O)[c]1cccc2c1Cc1ccccc1-2. The number of amides is 1. The molecule has 0 atom stereocenters. The van der Waals surface area contributed by atoms with Gasteiger partial charge in [0.15, 0.2) is 0 Å². The molecule has 0 unspecified atom stereocenters. The summed E-state index contributed by atoms with van der Waals surface area (Å²) < 4.78 is 3.97. The Hall–Kier alpha value is -0.423. The number of rotatable bonds is 4. The number of fused-ring (bicyclic) bond motifs is 3.